The van der Waals surface area contributed by atoms with Gasteiger partial charge in [0.25, 0.3) is 5.91 Å². The van der Waals surface area contributed by atoms with Crippen molar-refractivity contribution in [1.82, 2.24) is 5.32 Å². The van der Waals surface area contributed by atoms with Crippen molar-refractivity contribution in [2.75, 3.05) is 17.6 Å². The van der Waals surface area contributed by atoms with E-state index < -0.39 is 11.4 Å². The molecule has 0 radical (unpaired) electrons. The van der Waals surface area contributed by atoms with Crippen molar-refractivity contribution in [3.05, 3.63) is 23.8 Å². The number of carbonyl (C=O) groups excluding carboxylic acids is 2. The van der Waals surface area contributed by atoms with Crippen molar-refractivity contribution in [1.29, 1.82) is 0 Å². The molecule has 6 N–H and O–H groups in total. The number of anilines is 2. The molecule has 1 rings (SSSR count). The number of amides is 2. The minimum atomic E-state index is -0.950. The van der Waals surface area contributed by atoms with Crippen molar-refractivity contribution in [3.63, 3.8) is 0 Å². The zero-order valence-corrected chi connectivity index (χ0v) is 11.4. The largest absolute Gasteiger partial charge is 0.397 e. The molecular formula is C13H20N4O2. The summed E-state index contributed by atoms with van der Waals surface area (Å²) >= 11 is 0. The van der Waals surface area contributed by atoms with Crippen LogP contribution in [-0.4, -0.2) is 23.9 Å². The molecule has 0 aromatic heterocycles. The van der Waals surface area contributed by atoms with Crippen LogP contribution in [0.15, 0.2) is 18.2 Å². The molecule has 1 aromatic carbocycles. The van der Waals surface area contributed by atoms with Gasteiger partial charge in [-0.25, -0.2) is 0 Å². The van der Waals surface area contributed by atoms with Gasteiger partial charge >= 0.3 is 0 Å². The molecule has 0 spiro atoms. The Morgan fingerprint density at radius 1 is 1.32 bits per heavy atom. The predicted octanol–water partition coefficient (Wildman–Crippen LogP) is 0.694. The zero-order valence-electron chi connectivity index (χ0n) is 11.4. The molecule has 0 heterocycles. The van der Waals surface area contributed by atoms with Crippen molar-refractivity contribution >= 4 is 23.2 Å². The third-order valence-electron chi connectivity index (χ3n) is 2.72. The van der Waals surface area contributed by atoms with E-state index in [9.17, 15) is 9.59 Å². The molecule has 0 aliphatic carbocycles. The van der Waals surface area contributed by atoms with Gasteiger partial charge in [0.05, 0.1) is 11.4 Å². The fourth-order valence-corrected chi connectivity index (χ4v) is 1.47. The maximum atomic E-state index is 11.7. The van der Waals surface area contributed by atoms with E-state index in [2.05, 4.69) is 10.6 Å². The Hall–Kier alpha value is -2.24. The molecule has 6 nitrogen and oxygen atoms in total. The third kappa shape index (κ3) is 3.61. The Morgan fingerprint density at radius 2 is 1.95 bits per heavy atom. The number of nitrogen functional groups attached to an aromatic ring is 1. The highest BCUT2D eigenvalue weighted by Gasteiger charge is 2.25. The first-order valence-corrected chi connectivity index (χ1v) is 6.03. The summed E-state index contributed by atoms with van der Waals surface area (Å²) in [6, 6.07) is 4.85. The van der Waals surface area contributed by atoms with Crippen LogP contribution in [0.4, 0.5) is 11.4 Å². The van der Waals surface area contributed by atoms with Crippen molar-refractivity contribution in [2.45, 2.75) is 26.3 Å². The molecular weight excluding hydrogens is 244 g/mol. The van der Waals surface area contributed by atoms with Crippen LogP contribution in [0.3, 0.4) is 0 Å². The monoisotopic (exact) mass is 264 g/mol. The Bertz CT molecular complexity index is 497. The SMILES string of the molecule is CCNC(=O)c1ccc(N)c(NC(C)(C)C(N)=O)c1. The minimum Gasteiger partial charge on any atom is -0.397 e. The summed E-state index contributed by atoms with van der Waals surface area (Å²) < 4.78 is 0. The molecule has 0 bridgehead atoms. The lowest BCUT2D eigenvalue weighted by Gasteiger charge is -2.24. The van der Waals surface area contributed by atoms with Gasteiger partial charge < -0.3 is 22.1 Å². The second-order valence-electron chi connectivity index (χ2n) is 4.78. The van der Waals surface area contributed by atoms with E-state index in [0.29, 0.717) is 23.5 Å². The van der Waals surface area contributed by atoms with Crippen LogP contribution in [0.2, 0.25) is 0 Å². The first-order valence-electron chi connectivity index (χ1n) is 6.03. The van der Waals surface area contributed by atoms with Crippen LogP contribution >= 0.6 is 0 Å². The van der Waals surface area contributed by atoms with E-state index in [4.69, 9.17) is 11.5 Å². The van der Waals surface area contributed by atoms with Crippen molar-refractivity contribution in [3.8, 4) is 0 Å². The van der Waals surface area contributed by atoms with Gasteiger partial charge in [-0.15, -0.1) is 0 Å². The Labute approximate surface area is 112 Å². The number of hydrogen-bond donors (Lipinski definition) is 4. The minimum absolute atomic E-state index is 0.192. The zero-order chi connectivity index (χ0) is 14.6. The molecule has 0 saturated heterocycles. The number of nitrogens with two attached hydrogens (primary N) is 2. The number of hydrogen-bond acceptors (Lipinski definition) is 4. The fraction of sp³-hybridized carbons (Fsp3) is 0.385. The second kappa shape index (κ2) is 5.60. The maximum absolute atomic E-state index is 11.7. The summed E-state index contributed by atoms with van der Waals surface area (Å²) in [4.78, 5) is 23.0. The van der Waals surface area contributed by atoms with Crippen molar-refractivity contribution < 1.29 is 9.59 Å². The maximum Gasteiger partial charge on any atom is 0.251 e. The predicted molar refractivity (Wildman–Crippen MR) is 75.8 cm³/mol. The molecule has 6 heteroatoms. The summed E-state index contributed by atoms with van der Waals surface area (Å²) in [5, 5.41) is 5.64. The van der Waals surface area contributed by atoms with E-state index in [1.807, 2.05) is 6.92 Å². The molecule has 0 unspecified atom stereocenters. The van der Waals surface area contributed by atoms with Gasteiger partial charge in [-0.3, -0.25) is 9.59 Å². The van der Waals surface area contributed by atoms with Gasteiger partial charge in [0.2, 0.25) is 5.91 Å². The number of nitrogens with one attached hydrogen (secondary N) is 2. The van der Waals surface area contributed by atoms with Crippen LogP contribution in [-0.2, 0) is 4.79 Å². The number of carbonyl (C=O) groups is 2. The molecule has 0 aliphatic heterocycles. The van der Waals surface area contributed by atoms with Crippen LogP contribution < -0.4 is 22.1 Å². The van der Waals surface area contributed by atoms with Gasteiger partial charge in [-0.05, 0) is 39.0 Å². The van der Waals surface area contributed by atoms with Crippen LogP contribution in [0.25, 0.3) is 0 Å². The van der Waals surface area contributed by atoms with E-state index in [1.165, 1.54) is 0 Å². The third-order valence-corrected chi connectivity index (χ3v) is 2.72. The van der Waals surface area contributed by atoms with Gasteiger partial charge in [0.1, 0.15) is 5.54 Å². The number of primary amides is 1. The first-order chi connectivity index (χ1) is 8.77. The summed E-state index contributed by atoms with van der Waals surface area (Å²) in [7, 11) is 0. The Morgan fingerprint density at radius 3 is 2.47 bits per heavy atom. The second-order valence-corrected chi connectivity index (χ2v) is 4.78. The van der Waals surface area contributed by atoms with Crippen LogP contribution in [0.5, 0.6) is 0 Å². The van der Waals surface area contributed by atoms with Crippen LogP contribution in [0, 0.1) is 0 Å². The standard InChI is InChI=1S/C13H20N4O2/c1-4-16-11(18)8-5-6-9(14)10(7-8)17-13(2,3)12(15)19/h5-7,17H,4,14H2,1-3H3,(H2,15,19)(H,16,18). The average Bonchev–Trinajstić information content (AvgIpc) is 2.31. The summed E-state index contributed by atoms with van der Waals surface area (Å²) in [6.45, 7) is 5.67. The van der Waals surface area contributed by atoms with Gasteiger partial charge in [-0.2, -0.15) is 0 Å². The quantitative estimate of drug-likeness (QED) is 0.586. The molecule has 0 fully saturated rings. The first kappa shape index (κ1) is 14.8. The van der Waals surface area contributed by atoms with Crippen LogP contribution in [0.1, 0.15) is 31.1 Å². The molecule has 0 aliphatic rings. The molecule has 1 aromatic rings. The lowest BCUT2D eigenvalue weighted by molar-refractivity contribution is -0.121. The van der Waals surface area contributed by atoms with Gasteiger partial charge in [-0.1, -0.05) is 0 Å². The van der Waals surface area contributed by atoms with E-state index >= 15 is 0 Å². The highest BCUT2D eigenvalue weighted by atomic mass is 16.2. The highest BCUT2D eigenvalue weighted by Crippen LogP contribution is 2.23. The topological polar surface area (TPSA) is 110 Å². The summed E-state index contributed by atoms with van der Waals surface area (Å²) in [5.41, 5.74) is 11.6. The molecule has 0 atom stereocenters. The fourth-order valence-electron chi connectivity index (χ4n) is 1.47. The lowest BCUT2D eigenvalue weighted by atomic mass is 10.0. The molecule has 0 saturated carbocycles. The van der Waals surface area contributed by atoms with E-state index in [0.717, 1.165) is 0 Å². The van der Waals surface area contributed by atoms with Crippen molar-refractivity contribution in [2.24, 2.45) is 5.73 Å². The van der Waals surface area contributed by atoms with Gasteiger partial charge in [0.15, 0.2) is 0 Å². The number of rotatable bonds is 5. The smallest absolute Gasteiger partial charge is 0.251 e. The molecule has 19 heavy (non-hydrogen) atoms. The number of benzene rings is 1. The van der Waals surface area contributed by atoms with E-state index in [1.54, 1.807) is 32.0 Å². The molecule has 2 amide bonds. The summed E-state index contributed by atoms with van der Waals surface area (Å²) in [6.07, 6.45) is 0. The Kier molecular flexibility index (Phi) is 4.37. The lowest BCUT2D eigenvalue weighted by Crippen LogP contribution is -2.45. The van der Waals surface area contributed by atoms with Gasteiger partial charge in [0, 0.05) is 12.1 Å². The normalized spacial score (nSPS) is 10.9. The average molecular weight is 264 g/mol. The summed E-state index contributed by atoms with van der Waals surface area (Å²) in [5.74, 6) is -0.697. The van der Waals surface area contributed by atoms with E-state index in [-0.39, 0.29) is 5.91 Å². The highest BCUT2D eigenvalue weighted by molar-refractivity contribution is 5.97. The Balaban J connectivity index is 3.04. The molecule has 104 valence electrons.